The first-order chi connectivity index (χ1) is 10.0. The lowest BCUT2D eigenvalue weighted by Gasteiger charge is -2.06. The highest BCUT2D eigenvalue weighted by molar-refractivity contribution is 7.85. The van der Waals surface area contributed by atoms with E-state index in [4.69, 9.17) is 4.74 Å². The number of ether oxygens (including phenoxy) is 1. The molecule has 0 aliphatic heterocycles. The van der Waals surface area contributed by atoms with E-state index in [1.807, 2.05) is 32.0 Å². The number of hydrogen-bond donors (Lipinski definition) is 0. The van der Waals surface area contributed by atoms with E-state index in [0.29, 0.717) is 16.2 Å². The molecule has 21 heavy (non-hydrogen) atoms. The maximum atomic E-state index is 12.3. The molecule has 1 unspecified atom stereocenters. The van der Waals surface area contributed by atoms with E-state index in [1.54, 1.807) is 31.4 Å². The van der Waals surface area contributed by atoms with Crippen LogP contribution in [0, 0.1) is 13.8 Å². The fourth-order valence-corrected chi connectivity index (χ4v) is 3.02. The third kappa shape index (κ3) is 3.79. The molecule has 2 aromatic rings. The normalized spacial score (nSPS) is 12.0. The molecule has 0 aliphatic carbocycles. The molecule has 4 heteroatoms. The van der Waals surface area contributed by atoms with E-state index in [0.717, 1.165) is 11.1 Å². The lowest BCUT2D eigenvalue weighted by atomic mass is 10.1. The van der Waals surface area contributed by atoms with Gasteiger partial charge in [-0.2, -0.15) is 0 Å². The SMILES string of the molecule is COc1ccc(C(=O)CS(=O)c2ccc(C)c(C)c2)cc1. The highest BCUT2D eigenvalue weighted by Gasteiger charge is 2.13. The molecule has 0 saturated carbocycles. The Hall–Kier alpha value is -1.94. The summed E-state index contributed by atoms with van der Waals surface area (Å²) in [5.74, 6) is 0.561. The Labute approximate surface area is 127 Å². The molecule has 2 rings (SSSR count). The monoisotopic (exact) mass is 302 g/mol. The van der Waals surface area contributed by atoms with Crippen molar-refractivity contribution in [3.05, 3.63) is 59.2 Å². The number of rotatable bonds is 5. The van der Waals surface area contributed by atoms with Gasteiger partial charge in [0, 0.05) is 10.5 Å². The Kier molecular flexibility index (Phi) is 4.91. The summed E-state index contributed by atoms with van der Waals surface area (Å²) in [4.78, 5) is 12.8. The van der Waals surface area contributed by atoms with Crippen molar-refractivity contribution in [2.75, 3.05) is 12.9 Å². The standard InChI is InChI=1S/C17H18O3S/c1-12-4-9-16(10-13(12)2)21(19)11-17(18)14-5-7-15(20-3)8-6-14/h4-10H,11H2,1-3H3. The Morgan fingerprint density at radius 2 is 1.71 bits per heavy atom. The summed E-state index contributed by atoms with van der Waals surface area (Å²) in [6.07, 6.45) is 0. The number of benzene rings is 2. The van der Waals surface area contributed by atoms with Gasteiger partial charge in [0.1, 0.15) is 5.75 Å². The Balaban J connectivity index is 2.10. The van der Waals surface area contributed by atoms with E-state index in [2.05, 4.69) is 0 Å². The number of aryl methyl sites for hydroxylation is 2. The van der Waals surface area contributed by atoms with Crippen LogP contribution in [0.3, 0.4) is 0 Å². The third-order valence-electron chi connectivity index (χ3n) is 3.42. The molecular formula is C17H18O3S. The second kappa shape index (κ2) is 6.68. The molecule has 2 aromatic carbocycles. The van der Waals surface area contributed by atoms with Gasteiger partial charge in [-0.3, -0.25) is 9.00 Å². The minimum Gasteiger partial charge on any atom is -0.497 e. The molecule has 0 spiro atoms. The van der Waals surface area contributed by atoms with Crippen LogP contribution < -0.4 is 4.74 Å². The molecular weight excluding hydrogens is 284 g/mol. The van der Waals surface area contributed by atoms with Crippen LogP contribution in [0.15, 0.2) is 47.4 Å². The minimum atomic E-state index is -1.32. The summed E-state index contributed by atoms with van der Waals surface area (Å²) in [5, 5.41) is 0. The second-order valence-corrected chi connectivity index (χ2v) is 6.34. The fraction of sp³-hybridized carbons (Fsp3) is 0.235. The zero-order valence-corrected chi connectivity index (χ0v) is 13.2. The first kappa shape index (κ1) is 15.4. The third-order valence-corrected chi connectivity index (χ3v) is 4.72. The molecule has 0 heterocycles. The summed E-state index contributed by atoms with van der Waals surface area (Å²) in [6, 6.07) is 12.5. The number of carbonyl (C=O) groups excluding carboxylic acids is 1. The molecule has 0 aromatic heterocycles. The van der Waals surface area contributed by atoms with Gasteiger partial charge < -0.3 is 4.74 Å². The van der Waals surface area contributed by atoms with Crippen LogP contribution in [0.1, 0.15) is 21.5 Å². The van der Waals surface area contributed by atoms with E-state index >= 15 is 0 Å². The van der Waals surface area contributed by atoms with Crippen molar-refractivity contribution in [2.24, 2.45) is 0 Å². The van der Waals surface area contributed by atoms with E-state index in [-0.39, 0.29) is 11.5 Å². The molecule has 1 atom stereocenters. The molecule has 0 aliphatic rings. The molecule has 0 N–H and O–H groups in total. The van der Waals surface area contributed by atoms with E-state index in [9.17, 15) is 9.00 Å². The average Bonchev–Trinajstić information content (AvgIpc) is 2.50. The van der Waals surface area contributed by atoms with Gasteiger partial charge in [-0.15, -0.1) is 0 Å². The molecule has 3 nitrogen and oxygen atoms in total. The van der Waals surface area contributed by atoms with Crippen molar-refractivity contribution in [1.29, 1.82) is 0 Å². The summed E-state index contributed by atoms with van der Waals surface area (Å²) in [6.45, 7) is 3.98. The lowest BCUT2D eigenvalue weighted by Crippen LogP contribution is -2.11. The first-order valence-corrected chi connectivity index (χ1v) is 7.96. The van der Waals surface area contributed by atoms with Gasteiger partial charge in [0.05, 0.1) is 23.7 Å². The van der Waals surface area contributed by atoms with Gasteiger partial charge in [-0.05, 0) is 61.4 Å². The number of hydrogen-bond acceptors (Lipinski definition) is 3. The number of methoxy groups -OCH3 is 1. The molecule has 0 bridgehead atoms. The van der Waals surface area contributed by atoms with Gasteiger partial charge in [0.25, 0.3) is 0 Å². The van der Waals surface area contributed by atoms with Crippen molar-refractivity contribution in [2.45, 2.75) is 18.7 Å². The predicted molar refractivity (Wildman–Crippen MR) is 84.5 cm³/mol. The van der Waals surface area contributed by atoms with Crippen molar-refractivity contribution >= 4 is 16.6 Å². The average molecular weight is 302 g/mol. The minimum absolute atomic E-state index is 0.00513. The molecule has 0 amide bonds. The Morgan fingerprint density at radius 3 is 2.29 bits per heavy atom. The first-order valence-electron chi connectivity index (χ1n) is 6.64. The maximum absolute atomic E-state index is 12.3. The van der Waals surface area contributed by atoms with Gasteiger partial charge in [0.15, 0.2) is 5.78 Å². The van der Waals surface area contributed by atoms with Crippen LogP contribution in [0.4, 0.5) is 0 Å². The van der Waals surface area contributed by atoms with Crippen LogP contribution in [0.2, 0.25) is 0 Å². The summed E-state index contributed by atoms with van der Waals surface area (Å²) in [5.41, 5.74) is 2.78. The van der Waals surface area contributed by atoms with Crippen molar-refractivity contribution < 1.29 is 13.7 Å². The van der Waals surface area contributed by atoms with Crippen LogP contribution in [-0.2, 0) is 10.8 Å². The second-order valence-electron chi connectivity index (χ2n) is 4.89. The summed E-state index contributed by atoms with van der Waals surface area (Å²) < 4.78 is 17.3. The molecule has 0 fully saturated rings. The van der Waals surface area contributed by atoms with Crippen molar-refractivity contribution in [3.63, 3.8) is 0 Å². The lowest BCUT2D eigenvalue weighted by molar-refractivity contribution is 0.102. The van der Waals surface area contributed by atoms with Crippen LogP contribution >= 0.6 is 0 Å². The van der Waals surface area contributed by atoms with Crippen molar-refractivity contribution in [3.8, 4) is 5.75 Å². The molecule has 110 valence electrons. The fourth-order valence-electron chi connectivity index (χ4n) is 1.92. The molecule has 0 saturated heterocycles. The van der Waals surface area contributed by atoms with E-state index < -0.39 is 10.8 Å². The largest absolute Gasteiger partial charge is 0.497 e. The molecule has 0 radical (unpaired) electrons. The van der Waals surface area contributed by atoms with Gasteiger partial charge in [-0.25, -0.2) is 0 Å². The Bertz CT molecular complexity index is 675. The van der Waals surface area contributed by atoms with Gasteiger partial charge in [-0.1, -0.05) is 6.07 Å². The number of Topliss-reactive ketones (excluding diaryl/α,β-unsaturated/α-hetero) is 1. The van der Waals surface area contributed by atoms with Crippen LogP contribution in [-0.4, -0.2) is 22.9 Å². The number of carbonyl (C=O) groups is 1. The van der Waals surface area contributed by atoms with Crippen LogP contribution in [0.5, 0.6) is 5.75 Å². The van der Waals surface area contributed by atoms with Crippen LogP contribution in [0.25, 0.3) is 0 Å². The zero-order chi connectivity index (χ0) is 15.4. The number of ketones is 1. The highest BCUT2D eigenvalue weighted by atomic mass is 32.2. The zero-order valence-electron chi connectivity index (χ0n) is 12.4. The smallest absolute Gasteiger partial charge is 0.175 e. The topological polar surface area (TPSA) is 43.4 Å². The Morgan fingerprint density at radius 1 is 1.05 bits per heavy atom. The van der Waals surface area contributed by atoms with E-state index in [1.165, 1.54) is 0 Å². The van der Waals surface area contributed by atoms with Gasteiger partial charge in [0.2, 0.25) is 0 Å². The summed E-state index contributed by atoms with van der Waals surface area (Å²) in [7, 11) is 0.255. The maximum Gasteiger partial charge on any atom is 0.175 e. The van der Waals surface area contributed by atoms with Crippen molar-refractivity contribution in [1.82, 2.24) is 0 Å². The predicted octanol–water partition coefficient (Wildman–Crippen LogP) is 3.30. The highest BCUT2D eigenvalue weighted by Crippen LogP contribution is 2.16. The summed E-state index contributed by atoms with van der Waals surface area (Å²) >= 11 is 0. The van der Waals surface area contributed by atoms with Gasteiger partial charge >= 0.3 is 0 Å². The quantitative estimate of drug-likeness (QED) is 0.796.